The number of nitrogens with two attached hydrogens (primary N) is 1. The lowest BCUT2D eigenvalue weighted by atomic mass is 9.95. The van der Waals surface area contributed by atoms with Crippen LogP contribution in [0.5, 0.6) is 0 Å². The molecule has 0 bridgehead atoms. The number of hydrogen-bond acceptors (Lipinski definition) is 3. The van der Waals surface area contributed by atoms with Gasteiger partial charge in [0.05, 0.1) is 4.90 Å². The van der Waals surface area contributed by atoms with Crippen molar-refractivity contribution in [2.45, 2.75) is 31.1 Å². The first-order valence-electron chi connectivity index (χ1n) is 6.91. The maximum absolute atomic E-state index is 13.5. The van der Waals surface area contributed by atoms with Gasteiger partial charge in [-0.15, -0.1) is 0 Å². The van der Waals surface area contributed by atoms with Crippen molar-refractivity contribution in [3.63, 3.8) is 0 Å². The number of aryl methyl sites for hydroxylation is 1. The van der Waals surface area contributed by atoms with Crippen LogP contribution in [-0.4, -0.2) is 32.4 Å². The first-order valence-corrected chi connectivity index (χ1v) is 8.35. The van der Waals surface area contributed by atoms with Crippen molar-refractivity contribution in [1.82, 2.24) is 4.31 Å². The number of sulfonamides is 1. The van der Waals surface area contributed by atoms with E-state index in [2.05, 4.69) is 0 Å². The average Bonchev–Trinajstić information content (AvgIpc) is 2.43. The Balaban J connectivity index is 2.13. The highest BCUT2D eigenvalue weighted by Crippen LogP contribution is 2.26. The van der Waals surface area contributed by atoms with Crippen molar-refractivity contribution in [1.29, 1.82) is 0 Å². The van der Waals surface area contributed by atoms with Gasteiger partial charge in [-0.1, -0.05) is 6.07 Å². The van der Waals surface area contributed by atoms with Gasteiger partial charge in [0, 0.05) is 13.1 Å². The van der Waals surface area contributed by atoms with Crippen LogP contribution in [0.15, 0.2) is 23.1 Å². The molecule has 1 aliphatic rings. The summed E-state index contributed by atoms with van der Waals surface area (Å²) in [5, 5.41) is 0. The zero-order valence-corrected chi connectivity index (χ0v) is 12.5. The van der Waals surface area contributed by atoms with E-state index in [4.69, 9.17) is 5.73 Å². The molecule has 1 aromatic carbocycles. The van der Waals surface area contributed by atoms with Crippen molar-refractivity contribution >= 4 is 10.0 Å². The fourth-order valence-corrected chi connectivity index (χ4v) is 4.04. The second-order valence-corrected chi connectivity index (χ2v) is 7.27. The summed E-state index contributed by atoms with van der Waals surface area (Å²) in [5.41, 5.74) is 5.98. The van der Waals surface area contributed by atoms with Gasteiger partial charge in [0.2, 0.25) is 10.0 Å². The molecular weight excluding hydrogens is 279 g/mol. The maximum Gasteiger partial charge on any atom is 0.243 e. The van der Waals surface area contributed by atoms with Gasteiger partial charge in [-0.3, -0.25) is 0 Å². The Bertz CT molecular complexity index is 567. The molecule has 0 atom stereocenters. The summed E-state index contributed by atoms with van der Waals surface area (Å²) in [7, 11) is -3.58. The minimum atomic E-state index is -3.58. The Morgan fingerprint density at radius 3 is 2.55 bits per heavy atom. The number of hydrogen-bond donors (Lipinski definition) is 1. The highest BCUT2D eigenvalue weighted by molar-refractivity contribution is 7.89. The standard InChI is InChI=1S/C14H21FN2O2S/c1-11-2-3-13(10-14(11)15)20(18,19)17-8-5-12(4-7-16)6-9-17/h2-3,10,12H,4-9,16H2,1H3. The second kappa shape index (κ2) is 6.20. The van der Waals surface area contributed by atoms with Gasteiger partial charge >= 0.3 is 0 Å². The van der Waals surface area contributed by atoms with Gasteiger partial charge in [-0.05, 0) is 56.3 Å². The van der Waals surface area contributed by atoms with E-state index in [1.165, 1.54) is 16.4 Å². The number of halogens is 1. The lowest BCUT2D eigenvalue weighted by Gasteiger charge is -2.31. The van der Waals surface area contributed by atoms with Crippen molar-refractivity contribution < 1.29 is 12.8 Å². The molecule has 1 fully saturated rings. The maximum atomic E-state index is 13.5. The molecule has 0 saturated carbocycles. The summed E-state index contributed by atoms with van der Waals surface area (Å²) in [6, 6.07) is 4.08. The molecule has 1 saturated heterocycles. The summed E-state index contributed by atoms with van der Waals surface area (Å²) in [6.07, 6.45) is 2.59. The van der Waals surface area contributed by atoms with Crippen LogP contribution in [0, 0.1) is 18.7 Å². The molecule has 2 N–H and O–H groups in total. The lowest BCUT2D eigenvalue weighted by molar-refractivity contribution is 0.265. The molecule has 0 unspecified atom stereocenters. The normalized spacial score (nSPS) is 18.4. The van der Waals surface area contributed by atoms with Crippen molar-refractivity contribution in [2.75, 3.05) is 19.6 Å². The van der Waals surface area contributed by atoms with E-state index in [-0.39, 0.29) is 4.90 Å². The first kappa shape index (κ1) is 15.4. The molecule has 4 nitrogen and oxygen atoms in total. The Kier molecular flexibility index (Phi) is 4.78. The van der Waals surface area contributed by atoms with Gasteiger partial charge in [-0.2, -0.15) is 4.31 Å². The van der Waals surface area contributed by atoms with Gasteiger partial charge in [0.25, 0.3) is 0 Å². The van der Waals surface area contributed by atoms with Crippen molar-refractivity contribution in [2.24, 2.45) is 11.7 Å². The third kappa shape index (κ3) is 3.19. The smallest absolute Gasteiger partial charge is 0.243 e. The van der Waals surface area contributed by atoms with Crippen LogP contribution in [0.1, 0.15) is 24.8 Å². The minimum absolute atomic E-state index is 0.0397. The molecule has 20 heavy (non-hydrogen) atoms. The van der Waals surface area contributed by atoms with Crippen LogP contribution in [0.25, 0.3) is 0 Å². The molecule has 0 amide bonds. The fourth-order valence-electron chi connectivity index (χ4n) is 2.56. The predicted molar refractivity (Wildman–Crippen MR) is 76.3 cm³/mol. The molecule has 0 aromatic heterocycles. The number of benzene rings is 1. The summed E-state index contributed by atoms with van der Waals surface area (Å²) >= 11 is 0. The Morgan fingerprint density at radius 2 is 2.00 bits per heavy atom. The van der Waals surface area contributed by atoms with E-state index in [0.717, 1.165) is 25.3 Å². The number of rotatable bonds is 4. The molecule has 1 aromatic rings. The quantitative estimate of drug-likeness (QED) is 0.923. The summed E-state index contributed by atoms with van der Waals surface area (Å²) in [4.78, 5) is 0.0397. The molecule has 0 aliphatic carbocycles. The zero-order chi connectivity index (χ0) is 14.8. The minimum Gasteiger partial charge on any atom is -0.330 e. The number of nitrogens with zero attached hydrogens (tertiary/aromatic N) is 1. The van der Waals surface area contributed by atoms with E-state index in [9.17, 15) is 12.8 Å². The van der Waals surface area contributed by atoms with E-state index in [0.29, 0.717) is 31.1 Å². The molecule has 6 heteroatoms. The van der Waals surface area contributed by atoms with Gasteiger partial charge in [-0.25, -0.2) is 12.8 Å². The highest BCUT2D eigenvalue weighted by Gasteiger charge is 2.29. The molecule has 112 valence electrons. The average molecular weight is 300 g/mol. The van der Waals surface area contributed by atoms with Crippen LogP contribution in [0.2, 0.25) is 0 Å². The summed E-state index contributed by atoms with van der Waals surface area (Å²) in [5.74, 6) is 0.0188. The predicted octanol–water partition coefficient (Wildman–Crippen LogP) is 1.88. The van der Waals surface area contributed by atoms with Gasteiger partial charge in [0.15, 0.2) is 0 Å². The Hall–Kier alpha value is -0.980. The lowest BCUT2D eigenvalue weighted by Crippen LogP contribution is -2.38. The summed E-state index contributed by atoms with van der Waals surface area (Å²) in [6.45, 7) is 3.23. The van der Waals surface area contributed by atoms with Crippen LogP contribution < -0.4 is 5.73 Å². The van der Waals surface area contributed by atoms with E-state index >= 15 is 0 Å². The van der Waals surface area contributed by atoms with Gasteiger partial charge in [0.1, 0.15) is 5.82 Å². The summed E-state index contributed by atoms with van der Waals surface area (Å²) < 4.78 is 39.9. The van der Waals surface area contributed by atoms with E-state index in [1.54, 1.807) is 6.92 Å². The topological polar surface area (TPSA) is 63.4 Å². The van der Waals surface area contributed by atoms with Crippen LogP contribution in [0.3, 0.4) is 0 Å². The third-order valence-electron chi connectivity index (χ3n) is 3.93. The number of piperidine rings is 1. The Labute approximate surface area is 119 Å². The zero-order valence-electron chi connectivity index (χ0n) is 11.7. The SMILES string of the molecule is Cc1ccc(S(=O)(=O)N2CCC(CCN)CC2)cc1F. The fraction of sp³-hybridized carbons (Fsp3) is 0.571. The highest BCUT2D eigenvalue weighted by atomic mass is 32.2. The molecule has 2 rings (SSSR count). The Morgan fingerprint density at radius 1 is 1.35 bits per heavy atom. The van der Waals surface area contributed by atoms with Crippen LogP contribution in [0.4, 0.5) is 4.39 Å². The second-order valence-electron chi connectivity index (χ2n) is 5.34. The monoisotopic (exact) mass is 300 g/mol. The molecule has 1 aliphatic heterocycles. The molecule has 1 heterocycles. The largest absolute Gasteiger partial charge is 0.330 e. The van der Waals surface area contributed by atoms with E-state index in [1.807, 2.05) is 0 Å². The first-order chi connectivity index (χ1) is 9.45. The molecular formula is C14H21FN2O2S. The molecule has 0 radical (unpaired) electrons. The van der Waals surface area contributed by atoms with Gasteiger partial charge < -0.3 is 5.73 Å². The molecule has 0 spiro atoms. The van der Waals surface area contributed by atoms with Crippen LogP contribution >= 0.6 is 0 Å². The van der Waals surface area contributed by atoms with Crippen molar-refractivity contribution in [3.8, 4) is 0 Å². The van der Waals surface area contributed by atoms with Crippen LogP contribution in [-0.2, 0) is 10.0 Å². The van der Waals surface area contributed by atoms with E-state index < -0.39 is 15.8 Å². The van der Waals surface area contributed by atoms with Crippen molar-refractivity contribution in [3.05, 3.63) is 29.6 Å². The third-order valence-corrected chi connectivity index (χ3v) is 5.82.